The summed E-state index contributed by atoms with van der Waals surface area (Å²) in [5.41, 5.74) is 0.374. The molecule has 6 heteroatoms. The summed E-state index contributed by atoms with van der Waals surface area (Å²) in [6.07, 6.45) is 0. The first-order valence-electron chi connectivity index (χ1n) is 9.96. The van der Waals surface area contributed by atoms with E-state index in [1.165, 1.54) is 0 Å². The van der Waals surface area contributed by atoms with Crippen molar-refractivity contribution in [3.8, 4) is 11.5 Å². The second-order valence-corrected chi connectivity index (χ2v) is 8.31. The molecule has 29 heavy (non-hydrogen) atoms. The molecule has 1 aliphatic rings. The SMILES string of the molecule is CC(C)(C)NC(=O)CN1CCN(C(=O)c2cccc(Oc3ccccc3)c2)CC1. The normalized spacial score (nSPS) is 15.1. The molecule has 0 atom stereocenters. The van der Waals surface area contributed by atoms with Gasteiger partial charge in [0.2, 0.25) is 5.91 Å². The number of rotatable bonds is 5. The fourth-order valence-corrected chi connectivity index (χ4v) is 3.27. The zero-order valence-corrected chi connectivity index (χ0v) is 17.4. The molecule has 0 saturated carbocycles. The Morgan fingerprint density at radius 2 is 1.59 bits per heavy atom. The van der Waals surface area contributed by atoms with E-state index in [-0.39, 0.29) is 17.4 Å². The Hall–Kier alpha value is -2.86. The van der Waals surface area contributed by atoms with E-state index < -0.39 is 0 Å². The Bertz CT molecular complexity index is 838. The van der Waals surface area contributed by atoms with E-state index >= 15 is 0 Å². The average Bonchev–Trinajstić information content (AvgIpc) is 2.67. The largest absolute Gasteiger partial charge is 0.457 e. The molecule has 1 fully saturated rings. The highest BCUT2D eigenvalue weighted by molar-refractivity contribution is 5.94. The highest BCUT2D eigenvalue weighted by Crippen LogP contribution is 2.22. The third-order valence-corrected chi connectivity index (χ3v) is 4.60. The molecule has 2 amide bonds. The number of nitrogens with zero attached hydrogens (tertiary/aromatic N) is 2. The maximum absolute atomic E-state index is 12.9. The summed E-state index contributed by atoms with van der Waals surface area (Å²) in [5, 5.41) is 2.98. The molecule has 0 aliphatic carbocycles. The van der Waals surface area contributed by atoms with Gasteiger partial charge in [-0.15, -0.1) is 0 Å². The minimum atomic E-state index is -0.234. The number of carbonyl (C=O) groups is 2. The third-order valence-electron chi connectivity index (χ3n) is 4.60. The number of piperazine rings is 1. The Morgan fingerprint density at radius 1 is 0.931 bits per heavy atom. The lowest BCUT2D eigenvalue weighted by Crippen LogP contribution is -2.52. The van der Waals surface area contributed by atoms with Crippen LogP contribution in [0.15, 0.2) is 54.6 Å². The molecule has 2 aromatic rings. The van der Waals surface area contributed by atoms with E-state index in [0.29, 0.717) is 44.0 Å². The van der Waals surface area contributed by atoms with Crippen LogP contribution in [0.1, 0.15) is 31.1 Å². The molecule has 1 heterocycles. The van der Waals surface area contributed by atoms with Gasteiger partial charge in [-0.3, -0.25) is 14.5 Å². The molecule has 0 bridgehead atoms. The van der Waals surface area contributed by atoms with Gasteiger partial charge >= 0.3 is 0 Å². The van der Waals surface area contributed by atoms with Crippen molar-refractivity contribution < 1.29 is 14.3 Å². The number of hydrogen-bond donors (Lipinski definition) is 1. The molecule has 2 aromatic carbocycles. The molecule has 1 aliphatic heterocycles. The van der Waals surface area contributed by atoms with Crippen molar-refractivity contribution in [2.45, 2.75) is 26.3 Å². The van der Waals surface area contributed by atoms with Crippen LogP contribution in [0.2, 0.25) is 0 Å². The van der Waals surface area contributed by atoms with E-state index in [4.69, 9.17) is 4.74 Å². The maximum atomic E-state index is 12.9. The molecule has 1 saturated heterocycles. The summed E-state index contributed by atoms with van der Waals surface area (Å²) in [5.74, 6) is 1.38. The summed E-state index contributed by atoms with van der Waals surface area (Å²) in [4.78, 5) is 28.9. The monoisotopic (exact) mass is 395 g/mol. The van der Waals surface area contributed by atoms with Crippen molar-refractivity contribution in [3.63, 3.8) is 0 Å². The van der Waals surface area contributed by atoms with E-state index in [1.807, 2.05) is 74.2 Å². The third kappa shape index (κ3) is 6.32. The predicted octanol–water partition coefficient (Wildman–Crippen LogP) is 3.15. The number of ether oxygens (including phenoxy) is 1. The van der Waals surface area contributed by atoms with Gasteiger partial charge in [0.1, 0.15) is 11.5 Å². The molecule has 0 spiro atoms. The van der Waals surface area contributed by atoms with Crippen molar-refractivity contribution in [1.82, 2.24) is 15.1 Å². The zero-order valence-electron chi connectivity index (χ0n) is 17.4. The topological polar surface area (TPSA) is 61.9 Å². The molecular weight excluding hydrogens is 366 g/mol. The smallest absolute Gasteiger partial charge is 0.254 e. The lowest BCUT2D eigenvalue weighted by molar-refractivity contribution is -0.124. The highest BCUT2D eigenvalue weighted by atomic mass is 16.5. The summed E-state index contributed by atoms with van der Waals surface area (Å²) in [6.45, 7) is 8.84. The van der Waals surface area contributed by atoms with Crippen LogP contribution < -0.4 is 10.1 Å². The van der Waals surface area contributed by atoms with Crippen LogP contribution in [0.3, 0.4) is 0 Å². The zero-order chi connectivity index (χ0) is 20.9. The van der Waals surface area contributed by atoms with Gasteiger partial charge < -0.3 is 15.0 Å². The van der Waals surface area contributed by atoms with E-state index in [0.717, 1.165) is 5.75 Å². The van der Waals surface area contributed by atoms with Crippen molar-refractivity contribution in [3.05, 3.63) is 60.2 Å². The molecule has 3 rings (SSSR count). The highest BCUT2D eigenvalue weighted by Gasteiger charge is 2.24. The van der Waals surface area contributed by atoms with Gasteiger partial charge in [0.25, 0.3) is 5.91 Å². The second kappa shape index (κ2) is 9.09. The van der Waals surface area contributed by atoms with Crippen LogP contribution in [0.4, 0.5) is 0 Å². The van der Waals surface area contributed by atoms with Gasteiger partial charge in [0, 0.05) is 37.3 Å². The first-order valence-corrected chi connectivity index (χ1v) is 9.96. The quantitative estimate of drug-likeness (QED) is 0.845. The second-order valence-electron chi connectivity index (χ2n) is 8.31. The molecule has 1 N–H and O–H groups in total. The lowest BCUT2D eigenvalue weighted by Gasteiger charge is -2.35. The number of para-hydroxylation sites is 1. The van der Waals surface area contributed by atoms with Gasteiger partial charge in [-0.1, -0.05) is 24.3 Å². The van der Waals surface area contributed by atoms with Crippen molar-refractivity contribution in [1.29, 1.82) is 0 Å². The Labute approximate surface area is 172 Å². The van der Waals surface area contributed by atoms with Crippen LogP contribution in [-0.4, -0.2) is 59.9 Å². The number of nitrogens with one attached hydrogen (secondary N) is 1. The van der Waals surface area contributed by atoms with Gasteiger partial charge in [0.15, 0.2) is 0 Å². The minimum Gasteiger partial charge on any atom is -0.457 e. The number of amides is 2. The molecule has 0 aromatic heterocycles. The summed E-state index contributed by atoms with van der Waals surface area (Å²) >= 11 is 0. The van der Waals surface area contributed by atoms with Gasteiger partial charge in [-0.25, -0.2) is 0 Å². The Morgan fingerprint density at radius 3 is 2.24 bits per heavy atom. The maximum Gasteiger partial charge on any atom is 0.254 e. The standard InChI is InChI=1S/C23H29N3O3/c1-23(2,3)24-21(27)17-25-12-14-26(15-13-25)22(28)18-8-7-11-20(16-18)29-19-9-5-4-6-10-19/h4-11,16H,12-15,17H2,1-3H3,(H,24,27). The van der Waals surface area contributed by atoms with E-state index in [1.54, 1.807) is 6.07 Å². The Balaban J connectivity index is 1.54. The number of benzene rings is 2. The lowest BCUT2D eigenvalue weighted by atomic mass is 10.1. The van der Waals surface area contributed by atoms with Crippen LogP contribution in [0, 0.1) is 0 Å². The number of carbonyl (C=O) groups excluding carboxylic acids is 2. The van der Waals surface area contributed by atoms with Gasteiger partial charge in [0.05, 0.1) is 6.54 Å². The van der Waals surface area contributed by atoms with E-state index in [9.17, 15) is 9.59 Å². The van der Waals surface area contributed by atoms with Crippen LogP contribution >= 0.6 is 0 Å². The molecule has 154 valence electrons. The van der Waals surface area contributed by atoms with Gasteiger partial charge in [-0.05, 0) is 51.1 Å². The minimum absolute atomic E-state index is 0.0118. The van der Waals surface area contributed by atoms with Gasteiger partial charge in [-0.2, -0.15) is 0 Å². The molecule has 0 radical (unpaired) electrons. The first kappa shape index (κ1) is 20.9. The van der Waals surface area contributed by atoms with Crippen molar-refractivity contribution in [2.24, 2.45) is 0 Å². The molecule has 6 nitrogen and oxygen atoms in total. The first-order chi connectivity index (χ1) is 13.8. The fourth-order valence-electron chi connectivity index (χ4n) is 3.27. The summed E-state index contributed by atoms with van der Waals surface area (Å²) < 4.78 is 5.83. The summed E-state index contributed by atoms with van der Waals surface area (Å²) in [6, 6.07) is 16.8. The van der Waals surface area contributed by atoms with E-state index in [2.05, 4.69) is 10.2 Å². The summed E-state index contributed by atoms with van der Waals surface area (Å²) in [7, 11) is 0. The predicted molar refractivity (Wildman–Crippen MR) is 113 cm³/mol. The average molecular weight is 396 g/mol. The van der Waals surface area contributed by atoms with Crippen molar-refractivity contribution in [2.75, 3.05) is 32.7 Å². The van der Waals surface area contributed by atoms with Crippen LogP contribution in [-0.2, 0) is 4.79 Å². The van der Waals surface area contributed by atoms with Crippen LogP contribution in [0.25, 0.3) is 0 Å². The Kier molecular flexibility index (Phi) is 6.54. The molecule has 0 unspecified atom stereocenters. The fraction of sp³-hybridized carbons (Fsp3) is 0.391. The van der Waals surface area contributed by atoms with Crippen molar-refractivity contribution >= 4 is 11.8 Å². The number of hydrogen-bond acceptors (Lipinski definition) is 4. The molecular formula is C23H29N3O3. The van der Waals surface area contributed by atoms with Crippen LogP contribution in [0.5, 0.6) is 11.5 Å².